The molecule has 1 N–H and O–H groups in total. The van der Waals surface area contributed by atoms with Crippen molar-refractivity contribution in [3.63, 3.8) is 0 Å². The summed E-state index contributed by atoms with van der Waals surface area (Å²) in [5, 5.41) is 9.47. The smallest absolute Gasteiger partial charge is 0.335 e. The van der Waals surface area contributed by atoms with Crippen molar-refractivity contribution < 1.29 is 19.1 Å². The molecule has 0 radical (unpaired) electrons. The largest absolute Gasteiger partial charge is 0.486 e. The number of carbonyl (C=O) groups is 1. The van der Waals surface area contributed by atoms with Gasteiger partial charge in [-0.2, -0.15) is 0 Å². The van der Waals surface area contributed by atoms with Crippen molar-refractivity contribution in [2.24, 2.45) is 0 Å². The van der Waals surface area contributed by atoms with E-state index < -0.39 is 5.97 Å². The van der Waals surface area contributed by atoms with E-state index in [0.717, 1.165) is 19.3 Å². The zero-order chi connectivity index (χ0) is 19.7. The topological polar surface area (TPSA) is 76.7 Å². The van der Waals surface area contributed by atoms with Gasteiger partial charge in [0, 0.05) is 5.92 Å². The van der Waals surface area contributed by atoms with Crippen LogP contribution in [0.4, 0.5) is 0 Å². The van der Waals surface area contributed by atoms with E-state index in [1.165, 1.54) is 17.7 Å². The molecule has 1 aliphatic rings. The molecule has 2 unspecified atom stereocenters. The molecule has 28 heavy (non-hydrogen) atoms. The van der Waals surface area contributed by atoms with E-state index >= 15 is 0 Å². The van der Waals surface area contributed by atoms with Crippen LogP contribution in [-0.2, 0) is 0 Å². The number of ether oxygens (including phenoxy) is 1. The summed E-state index contributed by atoms with van der Waals surface area (Å²) in [4.78, 5) is 24.4. The normalized spacial score (nSPS) is 18.2. The molecule has 1 fully saturated rings. The zero-order valence-electron chi connectivity index (χ0n) is 15.7. The lowest BCUT2D eigenvalue weighted by atomic mass is 10.1. The molecule has 1 saturated carbocycles. The highest BCUT2D eigenvalue weighted by Gasteiger charge is 2.44. The van der Waals surface area contributed by atoms with Crippen LogP contribution in [0.25, 0.3) is 11.0 Å². The van der Waals surface area contributed by atoms with Gasteiger partial charge in [-0.3, -0.25) is 4.79 Å². The quantitative estimate of drug-likeness (QED) is 0.589. The van der Waals surface area contributed by atoms with Gasteiger partial charge in [-0.05, 0) is 42.5 Å². The van der Waals surface area contributed by atoms with Crippen molar-refractivity contribution in [2.75, 3.05) is 6.61 Å². The van der Waals surface area contributed by atoms with E-state index in [0.29, 0.717) is 23.9 Å². The van der Waals surface area contributed by atoms with Crippen LogP contribution in [-0.4, -0.2) is 17.7 Å². The molecule has 0 aliphatic heterocycles. The number of benzene rings is 2. The number of carboxylic acid groups (broad SMARTS) is 1. The molecular weight excluding hydrogens is 356 g/mol. The Bertz CT molecular complexity index is 1070. The first-order chi connectivity index (χ1) is 13.6. The van der Waals surface area contributed by atoms with E-state index in [1.807, 2.05) is 18.2 Å². The third kappa shape index (κ3) is 3.40. The van der Waals surface area contributed by atoms with Crippen LogP contribution in [0.1, 0.15) is 59.7 Å². The standard InChI is InChI=1S/C23H22O5/c1-2-3-11-27-22-20(24)18-12-15(23(25)26)9-10-19(18)28-21(22)17-13-16(17)14-7-5-4-6-8-14/h4-10,12,16-17H,2-3,11,13H2,1H3,(H,25,26). The summed E-state index contributed by atoms with van der Waals surface area (Å²) in [6.07, 6.45) is 2.68. The summed E-state index contributed by atoms with van der Waals surface area (Å²) < 4.78 is 11.9. The van der Waals surface area contributed by atoms with Gasteiger partial charge in [0.15, 0.2) is 5.76 Å². The fourth-order valence-electron chi connectivity index (χ4n) is 3.58. The van der Waals surface area contributed by atoms with Crippen molar-refractivity contribution in [3.05, 3.63) is 75.6 Å². The van der Waals surface area contributed by atoms with Gasteiger partial charge in [0.2, 0.25) is 11.2 Å². The molecule has 2 aromatic carbocycles. The average Bonchev–Trinajstić information content (AvgIpc) is 3.50. The molecule has 4 rings (SSSR count). The Kier molecular flexibility index (Phi) is 4.90. The van der Waals surface area contributed by atoms with Crippen molar-refractivity contribution in [1.29, 1.82) is 0 Å². The first-order valence-corrected chi connectivity index (χ1v) is 9.62. The van der Waals surface area contributed by atoms with Crippen LogP contribution in [0.3, 0.4) is 0 Å². The first kappa shape index (κ1) is 18.3. The fourth-order valence-corrected chi connectivity index (χ4v) is 3.58. The molecule has 0 saturated heterocycles. The maximum atomic E-state index is 13.1. The molecule has 1 heterocycles. The van der Waals surface area contributed by atoms with E-state index in [4.69, 9.17) is 9.15 Å². The SMILES string of the molecule is CCCCOc1c(C2CC2c2ccccc2)oc2ccc(C(=O)O)cc2c1=O. The van der Waals surface area contributed by atoms with Crippen molar-refractivity contribution in [1.82, 2.24) is 0 Å². The van der Waals surface area contributed by atoms with Crippen molar-refractivity contribution in [2.45, 2.75) is 38.0 Å². The molecule has 2 atom stereocenters. The van der Waals surface area contributed by atoms with Crippen molar-refractivity contribution >= 4 is 16.9 Å². The molecule has 5 heteroatoms. The Labute approximate surface area is 162 Å². The maximum absolute atomic E-state index is 13.1. The Balaban J connectivity index is 1.78. The average molecular weight is 378 g/mol. The van der Waals surface area contributed by atoms with Gasteiger partial charge in [-0.1, -0.05) is 43.7 Å². The molecular formula is C23H22O5. The lowest BCUT2D eigenvalue weighted by Crippen LogP contribution is -2.13. The van der Waals surface area contributed by atoms with Crippen molar-refractivity contribution in [3.8, 4) is 5.75 Å². The second-order valence-electron chi connectivity index (χ2n) is 7.20. The summed E-state index contributed by atoms with van der Waals surface area (Å²) in [5.74, 6) is 0.117. The van der Waals surface area contributed by atoms with E-state index in [9.17, 15) is 14.7 Å². The van der Waals surface area contributed by atoms with Gasteiger partial charge < -0.3 is 14.3 Å². The number of aromatic carboxylic acids is 1. The summed E-state index contributed by atoms with van der Waals surface area (Å²) >= 11 is 0. The van der Waals surface area contributed by atoms with Crippen LogP contribution in [0.5, 0.6) is 5.75 Å². The molecule has 1 aromatic heterocycles. The Morgan fingerprint density at radius 2 is 1.96 bits per heavy atom. The van der Waals surface area contributed by atoms with Gasteiger partial charge >= 0.3 is 5.97 Å². The van der Waals surface area contributed by atoms with Crippen LogP contribution >= 0.6 is 0 Å². The van der Waals surface area contributed by atoms with E-state index in [-0.39, 0.29) is 28.0 Å². The predicted octanol–water partition coefficient (Wildman–Crippen LogP) is 4.94. The van der Waals surface area contributed by atoms with Crippen LogP contribution in [0, 0.1) is 0 Å². The number of unbranched alkanes of at least 4 members (excludes halogenated alkanes) is 1. The fraction of sp³-hybridized carbons (Fsp3) is 0.304. The second kappa shape index (κ2) is 7.50. The number of hydrogen-bond donors (Lipinski definition) is 1. The number of rotatable bonds is 7. The van der Waals surface area contributed by atoms with Gasteiger partial charge in [0.25, 0.3) is 0 Å². The summed E-state index contributed by atoms with van der Waals surface area (Å²) in [7, 11) is 0. The highest BCUT2D eigenvalue weighted by atomic mass is 16.5. The highest BCUT2D eigenvalue weighted by Crippen LogP contribution is 2.56. The Morgan fingerprint density at radius 1 is 1.18 bits per heavy atom. The van der Waals surface area contributed by atoms with E-state index in [2.05, 4.69) is 19.1 Å². The minimum atomic E-state index is -1.08. The molecule has 0 bridgehead atoms. The third-order valence-corrected chi connectivity index (χ3v) is 5.22. The summed E-state index contributed by atoms with van der Waals surface area (Å²) in [5.41, 5.74) is 1.37. The van der Waals surface area contributed by atoms with Gasteiger partial charge in [-0.15, -0.1) is 0 Å². The molecule has 144 valence electrons. The highest BCUT2D eigenvalue weighted by molar-refractivity contribution is 5.93. The molecule has 5 nitrogen and oxygen atoms in total. The maximum Gasteiger partial charge on any atom is 0.335 e. The number of carboxylic acids is 1. The molecule has 1 aliphatic carbocycles. The van der Waals surface area contributed by atoms with Crippen LogP contribution < -0.4 is 10.2 Å². The second-order valence-corrected chi connectivity index (χ2v) is 7.20. The van der Waals surface area contributed by atoms with Gasteiger partial charge in [0.1, 0.15) is 5.58 Å². The Morgan fingerprint density at radius 3 is 2.68 bits per heavy atom. The van der Waals surface area contributed by atoms with Crippen LogP contribution in [0.15, 0.2) is 57.7 Å². The predicted molar refractivity (Wildman–Crippen MR) is 106 cm³/mol. The summed E-state index contributed by atoms with van der Waals surface area (Å²) in [6.45, 7) is 2.49. The number of hydrogen-bond acceptors (Lipinski definition) is 4. The zero-order valence-corrected chi connectivity index (χ0v) is 15.7. The monoisotopic (exact) mass is 378 g/mol. The van der Waals surface area contributed by atoms with Crippen LogP contribution in [0.2, 0.25) is 0 Å². The van der Waals surface area contributed by atoms with Gasteiger partial charge in [0.05, 0.1) is 17.6 Å². The van der Waals surface area contributed by atoms with E-state index in [1.54, 1.807) is 6.07 Å². The summed E-state index contributed by atoms with van der Waals surface area (Å²) in [6, 6.07) is 14.5. The van der Waals surface area contributed by atoms with Gasteiger partial charge in [-0.25, -0.2) is 4.79 Å². The minimum Gasteiger partial charge on any atom is -0.486 e. The third-order valence-electron chi connectivity index (χ3n) is 5.22. The molecule has 0 spiro atoms. The minimum absolute atomic E-state index is 0.0562. The first-order valence-electron chi connectivity index (χ1n) is 9.62. The lowest BCUT2D eigenvalue weighted by Gasteiger charge is -2.12. The molecule has 0 amide bonds. The number of fused-ring (bicyclic) bond motifs is 1. The molecule has 3 aromatic rings. The Hall–Kier alpha value is -3.08. The lowest BCUT2D eigenvalue weighted by molar-refractivity contribution is 0.0697.